The Labute approximate surface area is 188 Å². The minimum absolute atomic E-state index is 0.136. The highest BCUT2D eigenvalue weighted by atomic mass is 16.2. The van der Waals surface area contributed by atoms with Crippen molar-refractivity contribution in [3.63, 3.8) is 0 Å². The molecule has 1 aliphatic rings. The van der Waals surface area contributed by atoms with Crippen LogP contribution in [0, 0.1) is 0 Å². The van der Waals surface area contributed by atoms with E-state index in [1.807, 2.05) is 64.1 Å². The van der Waals surface area contributed by atoms with Crippen LogP contribution in [-0.2, 0) is 22.6 Å². The molecule has 166 valence electrons. The molecule has 1 unspecified atom stereocenters. The maximum Gasteiger partial charge on any atom is 0.244 e. The molecule has 2 aromatic carbocycles. The summed E-state index contributed by atoms with van der Waals surface area (Å²) in [6.45, 7) is 3.69. The van der Waals surface area contributed by atoms with E-state index in [0.717, 1.165) is 41.8 Å². The second kappa shape index (κ2) is 10.3. The number of para-hydroxylation sites is 2. The van der Waals surface area contributed by atoms with Crippen molar-refractivity contribution < 1.29 is 9.59 Å². The summed E-state index contributed by atoms with van der Waals surface area (Å²) in [5.41, 5.74) is 2.81. The molecule has 2 heterocycles. The van der Waals surface area contributed by atoms with Crippen molar-refractivity contribution in [3.05, 3.63) is 72.1 Å². The van der Waals surface area contributed by atoms with Gasteiger partial charge in [-0.05, 0) is 50.0 Å². The third-order valence-electron chi connectivity index (χ3n) is 6.02. The number of carbonyl (C=O) groups excluding carboxylic acids is 2. The average Bonchev–Trinajstić information content (AvgIpc) is 3.16. The Morgan fingerprint density at radius 2 is 1.88 bits per heavy atom. The molecule has 6 heteroatoms. The van der Waals surface area contributed by atoms with E-state index in [1.54, 1.807) is 12.2 Å². The number of nitrogens with zero attached hydrogens (tertiary/aromatic N) is 3. The van der Waals surface area contributed by atoms with Crippen molar-refractivity contribution in [1.29, 1.82) is 0 Å². The Hall–Kier alpha value is -3.41. The fourth-order valence-corrected chi connectivity index (χ4v) is 4.28. The molecule has 0 radical (unpaired) electrons. The minimum atomic E-state index is -0.144. The van der Waals surface area contributed by atoms with Gasteiger partial charge in [0.15, 0.2) is 0 Å². The summed E-state index contributed by atoms with van der Waals surface area (Å²) < 4.78 is 2.00. The highest BCUT2D eigenvalue weighted by Crippen LogP contribution is 2.20. The Morgan fingerprint density at radius 1 is 1.09 bits per heavy atom. The van der Waals surface area contributed by atoms with Crippen LogP contribution in [0.4, 0.5) is 0 Å². The monoisotopic (exact) mass is 430 g/mol. The van der Waals surface area contributed by atoms with Crippen molar-refractivity contribution >= 4 is 28.9 Å². The lowest BCUT2D eigenvalue weighted by Crippen LogP contribution is -2.43. The molecule has 2 amide bonds. The predicted octanol–water partition coefficient (Wildman–Crippen LogP) is 3.81. The number of nitrogens with one attached hydrogen (secondary N) is 1. The third kappa shape index (κ3) is 5.25. The van der Waals surface area contributed by atoms with E-state index in [9.17, 15) is 9.59 Å². The van der Waals surface area contributed by atoms with Crippen LogP contribution in [-0.4, -0.2) is 45.4 Å². The molecule has 1 N–H and O–H groups in total. The summed E-state index contributed by atoms with van der Waals surface area (Å²) in [6.07, 6.45) is 7.20. The molecule has 1 aromatic heterocycles. The number of amides is 2. The van der Waals surface area contributed by atoms with Crippen LogP contribution in [0.3, 0.4) is 0 Å². The molecular weight excluding hydrogens is 400 g/mol. The van der Waals surface area contributed by atoms with Gasteiger partial charge in [0, 0.05) is 31.6 Å². The largest absolute Gasteiger partial charge is 0.352 e. The predicted molar refractivity (Wildman–Crippen MR) is 127 cm³/mol. The molecule has 3 aromatic rings. The molecule has 6 nitrogen and oxygen atoms in total. The first-order chi connectivity index (χ1) is 15.6. The summed E-state index contributed by atoms with van der Waals surface area (Å²) in [5.74, 6) is 0.808. The molecule has 1 atom stereocenters. The van der Waals surface area contributed by atoms with Crippen LogP contribution in [0.1, 0.15) is 37.6 Å². The van der Waals surface area contributed by atoms with Crippen LogP contribution in [0.2, 0.25) is 0 Å². The quantitative estimate of drug-likeness (QED) is 0.580. The van der Waals surface area contributed by atoms with E-state index in [2.05, 4.69) is 12.2 Å². The van der Waals surface area contributed by atoms with Crippen molar-refractivity contribution in [2.45, 2.75) is 45.2 Å². The molecule has 0 saturated carbocycles. The molecule has 4 rings (SSSR count). The van der Waals surface area contributed by atoms with Gasteiger partial charge in [0.1, 0.15) is 12.4 Å². The number of carbonyl (C=O) groups is 2. The molecule has 1 fully saturated rings. The second-order valence-corrected chi connectivity index (χ2v) is 8.32. The lowest BCUT2D eigenvalue weighted by molar-refractivity contribution is -0.135. The molecule has 1 aliphatic heterocycles. The molecule has 0 spiro atoms. The fraction of sp³-hybridized carbons (Fsp3) is 0.346. The first-order valence-electron chi connectivity index (χ1n) is 11.4. The standard InChI is InChI=1S/C26H30N4O2/c1-20-9-7-8-18-29(20)26(32)19-30-23-13-6-5-12-22(23)28-24(30)16-17-27-25(31)15-14-21-10-3-2-4-11-21/h2-6,10-15,20H,7-9,16-19H2,1H3,(H,27,31)/b15-14+. The number of piperidine rings is 1. The lowest BCUT2D eigenvalue weighted by Gasteiger charge is -2.33. The minimum Gasteiger partial charge on any atom is -0.352 e. The Bertz CT molecular complexity index is 1100. The number of hydrogen-bond donors (Lipinski definition) is 1. The van der Waals surface area contributed by atoms with E-state index in [4.69, 9.17) is 4.98 Å². The molecule has 0 aliphatic carbocycles. The normalized spacial score (nSPS) is 16.5. The first kappa shape index (κ1) is 21.8. The van der Waals surface area contributed by atoms with Gasteiger partial charge in [0.05, 0.1) is 11.0 Å². The van der Waals surface area contributed by atoms with E-state index in [1.165, 1.54) is 6.42 Å². The Morgan fingerprint density at radius 3 is 2.69 bits per heavy atom. The van der Waals surface area contributed by atoms with Crippen molar-refractivity contribution in [2.24, 2.45) is 0 Å². The number of hydrogen-bond acceptors (Lipinski definition) is 3. The van der Waals surface area contributed by atoms with Gasteiger partial charge in [0.2, 0.25) is 11.8 Å². The number of imidazole rings is 1. The number of benzene rings is 2. The maximum absolute atomic E-state index is 13.1. The lowest BCUT2D eigenvalue weighted by atomic mass is 10.0. The van der Waals surface area contributed by atoms with E-state index in [0.29, 0.717) is 13.0 Å². The number of rotatable bonds is 7. The van der Waals surface area contributed by atoms with Crippen LogP contribution >= 0.6 is 0 Å². The van der Waals surface area contributed by atoms with Crippen molar-refractivity contribution in [2.75, 3.05) is 13.1 Å². The summed E-state index contributed by atoms with van der Waals surface area (Å²) >= 11 is 0. The summed E-state index contributed by atoms with van der Waals surface area (Å²) in [4.78, 5) is 32.0. The van der Waals surface area contributed by atoms with Gasteiger partial charge in [-0.25, -0.2) is 4.98 Å². The van der Waals surface area contributed by atoms with E-state index < -0.39 is 0 Å². The second-order valence-electron chi connectivity index (χ2n) is 8.32. The highest BCUT2D eigenvalue weighted by molar-refractivity contribution is 5.91. The molecule has 1 saturated heterocycles. The SMILES string of the molecule is CC1CCCCN1C(=O)Cn1c(CCNC(=O)/C=C/c2ccccc2)nc2ccccc21. The molecule has 0 bridgehead atoms. The summed E-state index contributed by atoms with van der Waals surface area (Å²) in [6, 6.07) is 17.9. The van der Waals surface area contributed by atoms with Gasteiger partial charge in [0.25, 0.3) is 0 Å². The van der Waals surface area contributed by atoms with Gasteiger partial charge >= 0.3 is 0 Å². The van der Waals surface area contributed by atoms with Crippen LogP contribution in [0.25, 0.3) is 17.1 Å². The topological polar surface area (TPSA) is 67.2 Å². The zero-order chi connectivity index (χ0) is 22.3. The molecular formula is C26H30N4O2. The third-order valence-corrected chi connectivity index (χ3v) is 6.02. The zero-order valence-electron chi connectivity index (χ0n) is 18.5. The molecule has 32 heavy (non-hydrogen) atoms. The summed E-state index contributed by atoms with van der Waals surface area (Å²) in [5, 5.41) is 2.92. The number of likely N-dealkylation sites (tertiary alicyclic amines) is 1. The van der Waals surface area contributed by atoms with Gasteiger partial charge in [-0.3, -0.25) is 9.59 Å². The number of fused-ring (bicyclic) bond motifs is 1. The smallest absolute Gasteiger partial charge is 0.244 e. The Balaban J connectivity index is 1.42. The van der Waals surface area contributed by atoms with Crippen LogP contribution in [0.5, 0.6) is 0 Å². The van der Waals surface area contributed by atoms with Gasteiger partial charge in [-0.2, -0.15) is 0 Å². The maximum atomic E-state index is 13.1. The van der Waals surface area contributed by atoms with Gasteiger partial charge < -0.3 is 14.8 Å². The van der Waals surface area contributed by atoms with E-state index in [-0.39, 0.29) is 24.4 Å². The van der Waals surface area contributed by atoms with E-state index >= 15 is 0 Å². The van der Waals surface area contributed by atoms with Gasteiger partial charge in [-0.1, -0.05) is 42.5 Å². The average molecular weight is 431 g/mol. The zero-order valence-corrected chi connectivity index (χ0v) is 18.5. The van der Waals surface area contributed by atoms with Crippen LogP contribution in [0.15, 0.2) is 60.7 Å². The fourth-order valence-electron chi connectivity index (χ4n) is 4.28. The van der Waals surface area contributed by atoms with Gasteiger partial charge in [-0.15, -0.1) is 0 Å². The van der Waals surface area contributed by atoms with Crippen molar-refractivity contribution in [3.8, 4) is 0 Å². The summed E-state index contributed by atoms with van der Waals surface area (Å²) in [7, 11) is 0. The number of aromatic nitrogens is 2. The van der Waals surface area contributed by atoms with Crippen molar-refractivity contribution in [1.82, 2.24) is 19.8 Å². The first-order valence-corrected chi connectivity index (χ1v) is 11.4. The Kier molecular flexibility index (Phi) is 7.00. The van der Waals surface area contributed by atoms with Crippen LogP contribution < -0.4 is 5.32 Å². The highest BCUT2D eigenvalue weighted by Gasteiger charge is 2.24.